The Bertz CT molecular complexity index is 549. The van der Waals surface area contributed by atoms with E-state index in [0.717, 1.165) is 32.1 Å². The van der Waals surface area contributed by atoms with Crippen LogP contribution in [0.5, 0.6) is 0 Å². The maximum absolute atomic E-state index is 12.5. The molecule has 1 aromatic heterocycles. The summed E-state index contributed by atoms with van der Waals surface area (Å²) in [5.74, 6) is -1.44. The lowest BCUT2D eigenvalue weighted by atomic mass is 9.93. The van der Waals surface area contributed by atoms with Gasteiger partial charge in [0, 0.05) is 17.4 Å². The molecular weight excluding hydrogens is 314 g/mol. The van der Waals surface area contributed by atoms with E-state index < -0.39 is 12.0 Å². The zero-order chi connectivity index (χ0) is 16.8. The monoisotopic (exact) mass is 339 g/mol. The first-order valence-electron chi connectivity index (χ1n) is 8.29. The van der Waals surface area contributed by atoms with Crippen molar-refractivity contribution in [2.24, 2.45) is 5.92 Å². The van der Waals surface area contributed by atoms with E-state index in [0.29, 0.717) is 18.1 Å². The molecule has 1 saturated heterocycles. The average molecular weight is 339 g/mol. The van der Waals surface area contributed by atoms with Crippen LogP contribution in [0.25, 0.3) is 0 Å². The molecule has 0 radical (unpaired) electrons. The minimum absolute atomic E-state index is 0.161. The van der Waals surface area contributed by atoms with Crippen LogP contribution in [-0.2, 0) is 22.4 Å². The van der Waals surface area contributed by atoms with E-state index in [1.807, 2.05) is 6.07 Å². The van der Waals surface area contributed by atoms with Gasteiger partial charge in [0.05, 0.1) is 11.5 Å². The lowest BCUT2D eigenvalue weighted by molar-refractivity contribution is -0.142. The van der Waals surface area contributed by atoms with Gasteiger partial charge >= 0.3 is 5.97 Å². The topological polar surface area (TPSA) is 75.6 Å². The summed E-state index contributed by atoms with van der Waals surface area (Å²) in [6, 6.07) is 1.02. The second-order valence-electron chi connectivity index (χ2n) is 5.93. The van der Waals surface area contributed by atoms with Crippen molar-refractivity contribution in [3.63, 3.8) is 0 Å². The van der Waals surface area contributed by atoms with Crippen LogP contribution in [0.2, 0.25) is 0 Å². The second-order valence-corrected chi connectivity index (χ2v) is 7.07. The van der Waals surface area contributed by atoms with Crippen molar-refractivity contribution >= 4 is 23.2 Å². The summed E-state index contributed by atoms with van der Waals surface area (Å²) < 4.78 is 5.36. The Morgan fingerprint density at radius 3 is 2.83 bits per heavy atom. The fourth-order valence-corrected chi connectivity index (χ4v) is 4.20. The number of aryl methyl sites for hydroxylation is 2. The van der Waals surface area contributed by atoms with Gasteiger partial charge in [-0.05, 0) is 37.3 Å². The smallest absolute Gasteiger partial charge is 0.326 e. The van der Waals surface area contributed by atoms with Crippen LogP contribution < -0.4 is 5.32 Å². The maximum Gasteiger partial charge on any atom is 0.326 e. The predicted octanol–water partition coefficient (Wildman–Crippen LogP) is 2.87. The Labute approximate surface area is 141 Å². The third-order valence-electron chi connectivity index (χ3n) is 4.20. The zero-order valence-electron chi connectivity index (χ0n) is 13.8. The molecule has 2 atom stereocenters. The van der Waals surface area contributed by atoms with Crippen LogP contribution in [0.4, 0.5) is 0 Å². The van der Waals surface area contributed by atoms with Gasteiger partial charge in [-0.2, -0.15) is 0 Å². The quantitative estimate of drug-likeness (QED) is 0.801. The minimum Gasteiger partial charge on any atom is -0.480 e. The summed E-state index contributed by atoms with van der Waals surface area (Å²) in [7, 11) is 0. The van der Waals surface area contributed by atoms with Crippen molar-refractivity contribution in [2.75, 3.05) is 13.2 Å². The molecule has 0 saturated carbocycles. The van der Waals surface area contributed by atoms with Crippen molar-refractivity contribution in [3.8, 4) is 0 Å². The Balaban J connectivity index is 2.10. The molecule has 1 aromatic rings. The number of carbonyl (C=O) groups is 2. The molecule has 2 unspecified atom stereocenters. The van der Waals surface area contributed by atoms with Gasteiger partial charge in [0.2, 0.25) is 0 Å². The van der Waals surface area contributed by atoms with E-state index in [1.165, 1.54) is 21.8 Å². The number of carbonyl (C=O) groups excluding carboxylic acids is 1. The van der Waals surface area contributed by atoms with Crippen molar-refractivity contribution in [3.05, 3.63) is 21.4 Å². The van der Waals surface area contributed by atoms with Crippen LogP contribution in [0, 0.1) is 5.92 Å². The van der Waals surface area contributed by atoms with E-state index in [1.54, 1.807) is 0 Å². The molecule has 128 valence electrons. The third kappa shape index (κ3) is 4.54. The standard InChI is InChI=1S/C17H25NO4S/c1-3-6-13-11(4-2)9-14(23-13)16(19)18-15(17(20)21)12-7-5-8-22-10-12/h9,12,15H,3-8,10H2,1-2H3,(H,18,19)(H,20,21). The van der Waals surface area contributed by atoms with Gasteiger partial charge in [0.1, 0.15) is 6.04 Å². The van der Waals surface area contributed by atoms with Gasteiger partial charge in [-0.15, -0.1) is 11.3 Å². The highest BCUT2D eigenvalue weighted by molar-refractivity contribution is 7.14. The fourth-order valence-electron chi connectivity index (χ4n) is 2.94. The van der Waals surface area contributed by atoms with Crippen LogP contribution in [0.15, 0.2) is 6.07 Å². The number of ether oxygens (including phenoxy) is 1. The Morgan fingerprint density at radius 2 is 2.26 bits per heavy atom. The number of nitrogens with one attached hydrogen (secondary N) is 1. The number of carboxylic acid groups (broad SMARTS) is 1. The summed E-state index contributed by atoms with van der Waals surface area (Å²) >= 11 is 1.48. The molecule has 1 aliphatic rings. The molecule has 1 fully saturated rings. The van der Waals surface area contributed by atoms with Crippen LogP contribution >= 0.6 is 11.3 Å². The molecule has 0 aliphatic carbocycles. The van der Waals surface area contributed by atoms with Gasteiger partial charge in [-0.25, -0.2) is 4.79 Å². The van der Waals surface area contributed by atoms with Crippen molar-refractivity contribution in [1.29, 1.82) is 0 Å². The summed E-state index contributed by atoms with van der Waals surface area (Å²) in [5, 5.41) is 12.1. The van der Waals surface area contributed by atoms with Crippen molar-refractivity contribution < 1.29 is 19.4 Å². The van der Waals surface area contributed by atoms with E-state index in [4.69, 9.17) is 4.74 Å². The number of aliphatic carboxylic acids is 1. The highest BCUT2D eigenvalue weighted by Gasteiger charge is 2.32. The van der Waals surface area contributed by atoms with E-state index in [-0.39, 0.29) is 11.8 Å². The first-order chi connectivity index (χ1) is 11.1. The molecule has 0 spiro atoms. The normalized spacial score (nSPS) is 19.3. The molecule has 0 bridgehead atoms. The molecule has 2 rings (SSSR count). The summed E-state index contributed by atoms with van der Waals surface area (Å²) in [6.07, 6.45) is 4.48. The summed E-state index contributed by atoms with van der Waals surface area (Å²) in [6.45, 7) is 5.25. The Kier molecular flexibility index (Phi) is 6.59. The number of amides is 1. The molecule has 23 heavy (non-hydrogen) atoms. The second kappa shape index (κ2) is 8.45. The lowest BCUT2D eigenvalue weighted by Crippen LogP contribution is -2.48. The highest BCUT2D eigenvalue weighted by atomic mass is 32.1. The molecule has 5 nitrogen and oxygen atoms in total. The molecule has 0 aromatic carbocycles. The number of carboxylic acids is 1. The molecule has 6 heteroatoms. The molecule has 2 heterocycles. The fraction of sp³-hybridized carbons (Fsp3) is 0.647. The minimum atomic E-state index is -0.991. The van der Waals surface area contributed by atoms with Gasteiger partial charge in [-0.3, -0.25) is 4.79 Å². The summed E-state index contributed by atoms with van der Waals surface area (Å²) in [4.78, 5) is 25.8. The van der Waals surface area contributed by atoms with Gasteiger partial charge in [-0.1, -0.05) is 20.3 Å². The lowest BCUT2D eigenvalue weighted by Gasteiger charge is -2.27. The largest absolute Gasteiger partial charge is 0.480 e. The Hall–Kier alpha value is -1.40. The zero-order valence-corrected chi connectivity index (χ0v) is 14.6. The Morgan fingerprint density at radius 1 is 1.48 bits per heavy atom. The summed E-state index contributed by atoms with van der Waals surface area (Å²) in [5.41, 5.74) is 1.19. The highest BCUT2D eigenvalue weighted by Crippen LogP contribution is 2.25. The first-order valence-corrected chi connectivity index (χ1v) is 9.11. The van der Waals surface area contributed by atoms with Crippen molar-refractivity contribution in [2.45, 2.75) is 52.0 Å². The number of rotatable bonds is 7. The number of hydrogen-bond donors (Lipinski definition) is 2. The first kappa shape index (κ1) is 17.9. The molecule has 1 aliphatic heterocycles. The van der Waals surface area contributed by atoms with E-state index in [9.17, 15) is 14.7 Å². The molecule has 2 N–H and O–H groups in total. The van der Waals surface area contributed by atoms with Crippen LogP contribution in [0.3, 0.4) is 0 Å². The SMILES string of the molecule is CCCc1sc(C(=O)NC(C(=O)O)C2CCCOC2)cc1CC. The third-order valence-corrected chi connectivity index (χ3v) is 5.43. The molecular formula is C17H25NO4S. The number of thiophene rings is 1. The predicted molar refractivity (Wildman–Crippen MR) is 90.1 cm³/mol. The average Bonchev–Trinajstić information content (AvgIpc) is 2.96. The maximum atomic E-state index is 12.5. The van der Waals surface area contributed by atoms with E-state index in [2.05, 4.69) is 19.2 Å². The number of hydrogen-bond acceptors (Lipinski definition) is 4. The van der Waals surface area contributed by atoms with Gasteiger partial charge < -0.3 is 15.2 Å². The van der Waals surface area contributed by atoms with Gasteiger partial charge in [0.25, 0.3) is 5.91 Å². The van der Waals surface area contributed by atoms with Crippen LogP contribution in [0.1, 0.15) is 53.2 Å². The van der Waals surface area contributed by atoms with Crippen molar-refractivity contribution in [1.82, 2.24) is 5.32 Å². The van der Waals surface area contributed by atoms with Gasteiger partial charge in [0.15, 0.2) is 0 Å². The van der Waals surface area contributed by atoms with Crippen LogP contribution in [-0.4, -0.2) is 36.2 Å². The van der Waals surface area contributed by atoms with E-state index >= 15 is 0 Å². The molecule has 1 amide bonds.